The second-order valence-electron chi connectivity index (χ2n) is 7.78. The maximum Gasteiger partial charge on any atom is 0.418 e. The average molecular weight is 466 g/mol. The number of hydrogen-bond donors (Lipinski definition) is 1. The molecule has 0 fully saturated rings. The number of benzene rings is 1. The zero-order valence-electron chi connectivity index (χ0n) is 17.9. The van der Waals surface area contributed by atoms with Crippen LogP contribution in [0.3, 0.4) is 0 Å². The van der Waals surface area contributed by atoms with E-state index in [9.17, 15) is 18.0 Å². The molecule has 0 aliphatic carbocycles. The minimum atomic E-state index is -4.65. The van der Waals surface area contributed by atoms with Crippen LogP contribution in [0.1, 0.15) is 25.5 Å². The molecule has 172 valence electrons. The number of fused-ring (bicyclic) bond motifs is 3. The fourth-order valence-electron chi connectivity index (χ4n) is 3.47. The zero-order valence-corrected chi connectivity index (χ0v) is 17.9. The van der Waals surface area contributed by atoms with E-state index in [4.69, 9.17) is 0 Å². The van der Waals surface area contributed by atoms with E-state index in [2.05, 4.69) is 30.5 Å². The van der Waals surface area contributed by atoms with Gasteiger partial charge in [0.15, 0.2) is 11.5 Å². The van der Waals surface area contributed by atoms with Gasteiger partial charge in [-0.1, -0.05) is 12.1 Å². The molecule has 0 bridgehead atoms. The summed E-state index contributed by atoms with van der Waals surface area (Å²) in [5, 5.41) is 11.7. The number of halogens is 3. The number of nitrogens with zero attached hydrogens (tertiary/aromatic N) is 7. The summed E-state index contributed by atoms with van der Waals surface area (Å²) in [6, 6.07) is 8.41. The number of aromatic nitrogens is 7. The Hall–Kier alpha value is -4.35. The Kier molecular flexibility index (Phi) is 5.00. The first-order valence-corrected chi connectivity index (χ1v) is 10.3. The molecule has 1 N–H and O–H groups in total. The largest absolute Gasteiger partial charge is 0.418 e. The van der Waals surface area contributed by atoms with Gasteiger partial charge in [-0.15, -0.1) is 5.10 Å². The average Bonchev–Trinajstić information content (AvgIpc) is 3.40. The van der Waals surface area contributed by atoms with Gasteiger partial charge >= 0.3 is 6.18 Å². The molecule has 1 aromatic carbocycles. The molecule has 0 aliphatic heterocycles. The molecule has 34 heavy (non-hydrogen) atoms. The van der Waals surface area contributed by atoms with Crippen LogP contribution < -0.4 is 10.9 Å². The van der Waals surface area contributed by atoms with E-state index in [-0.39, 0.29) is 40.1 Å². The van der Waals surface area contributed by atoms with Gasteiger partial charge in [0.25, 0.3) is 5.56 Å². The van der Waals surface area contributed by atoms with Crippen molar-refractivity contribution in [3.8, 4) is 11.4 Å². The van der Waals surface area contributed by atoms with Crippen molar-refractivity contribution < 1.29 is 13.2 Å². The van der Waals surface area contributed by atoms with Gasteiger partial charge in [-0.05, 0) is 38.1 Å². The molecule has 0 spiro atoms. The van der Waals surface area contributed by atoms with Gasteiger partial charge in [-0.2, -0.15) is 22.8 Å². The summed E-state index contributed by atoms with van der Waals surface area (Å²) in [6.07, 6.45) is 0.00210. The first-order chi connectivity index (χ1) is 16.2. The molecule has 0 atom stereocenters. The van der Waals surface area contributed by atoms with E-state index in [1.165, 1.54) is 28.9 Å². The van der Waals surface area contributed by atoms with Crippen LogP contribution in [-0.4, -0.2) is 34.3 Å². The molecule has 4 aromatic heterocycles. The third kappa shape index (κ3) is 3.72. The molecule has 0 saturated heterocycles. The Bertz CT molecular complexity index is 1590. The van der Waals surface area contributed by atoms with Gasteiger partial charge in [0.1, 0.15) is 5.69 Å². The number of anilines is 2. The van der Waals surface area contributed by atoms with E-state index in [1.807, 2.05) is 13.8 Å². The molecular formula is C22H17F3N8O. The number of nitrogens with one attached hydrogen (secondary N) is 1. The molecule has 0 radical (unpaired) electrons. The van der Waals surface area contributed by atoms with E-state index in [1.54, 1.807) is 29.2 Å². The topological polar surface area (TPSA) is 103 Å². The molecule has 0 amide bonds. The predicted octanol–water partition coefficient (Wildman–Crippen LogP) is 4.24. The second-order valence-corrected chi connectivity index (χ2v) is 7.78. The van der Waals surface area contributed by atoms with Crippen LogP contribution in [0.15, 0.2) is 59.8 Å². The summed E-state index contributed by atoms with van der Waals surface area (Å²) in [7, 11) is 0. The molecule has 0 aliphatic rings. The SMILES string of the molecule is CC(C)n1cc(-c2nc3c4cccc(C(F)(F)F)c4nc(Nc4ccccnc4=O)n3n2)cn1. The normalized spacial score (nSPS) is 12.1. The molecule has 0 saturated carbocycles. The third-order valence-electron chi connectivity index (χ3n) is 5.13. The predicted molar refractivity (Wildman–Crippen MR) is 119 cm³/mol. The van der Waals surface area contributed by atoms with Crippen LogP contribution in [0, 0.1) is 0 Å². The van der Waals surface area contributed by atoms with Gasteiger partial charge in [0.2, 0.25) is 5.95 Å². The lowest BCUT2D eigenvalue weighted by Crippen LogP contribution is -2.13. The first kappa shape index (κ1) is 21.5. The summed E-state index contributed by atoms with van der Waals surface area (Å²) in [4.78, 5) is 24.7. The number of rotatable bonds is 4. The number of alkyl halides is 3. The molecule has 12 heteroatoms. The van der Waals surface area contributed by atoms with E-state index < -0.39 is 17.3 Å². The Morgan fingerprint density at radius 2 is 1.88 bits per heavy atom. The minimum Gasteiger partial charge on any atom is -0.319 e. The van der Waals surface area contributed by atoms with Crippen molar-refractivity contribution >= 4 is 28.2 Å². The highest BCUT2D eigenvalue weighted by Gasteiger charge is 2.34. The van der Waals surface area contributed by atoms with Crippen molar-refractivity contribution in [2.75, 3.05) is 5.32 Å². The maximum atomic E-state index is 13.8. The maximum absolute atomic E-state index is 13.8. The Morgan fingerprint density at radius 1 is 1.06 bits per heavy atom. The van der Waals surface area contributed by atoms with E-state index >= 15 is 0 Å². The highest BCUT2D eigenvalue weighted by molar-refractivity contribution is 5.95. The van der Waals surface area contributed by atoms with Crippen LogP contribution in [0.25, 0.3) is 27.9 Å². The fourth-order valence-corrected chi connectivity index (χ4v) is 3.47. The molecule has 5 rings (SSSR count). The quantitative estimate of drug-likeness (QED) is 0.423. The zero-order chi connectivity index (χ0) is 24.0. The van der Waals surface area contributed by atoms with Crippen molar-refractivity contribution in [3.63, 3.8) is 0 Å². The molecular weight excluding hydrogens is 449 g/mol. The van der Waals surface area contributed by atoms with Gasteiger partial charge in [0.05, 0.1) is 22.8 Å². The summed E-state index contributed by atoms with van der Waals surface area (Å²) in [5.74, 6) is 0.139. The van der Waals surface area contributed by atoms with Gasteiger partial charge in [-0.25, -0.2) is 15.0 Å². The number of para-hydroxylation sites is 1. The lowest BCUT2D eigenvalue weighted by molar-refractivity contribution is -0.136. The third-order valence-corrected chi connectivity index (χ3v) is 5.13. The minimum absolute atomic E-state index is 0.0207. The standard InChI is InChI=1S/C22H17F3N8O/c1-12(2)32-11-13(10-27-32)18-30-19-14-6-5-7-15(22(23,24)25)17(14)29-21(33(19)31-18)28-16-8-3-4-9-26-20(16)34/h3-12H,1-2H3,(H,26,28,29,34). The van der Waals surface area contributed by atoms with Crippen molar-refractivity contribution in [2.24, 2.45) is 0 Å². The first-order valence-electron chi connectivity index (χ1n) is 10.3. The van der Waals surface area contributed by atoms with Crippen molar-refractivity contribution in [2.45, 2.75) is 26.1 Å². The van der Waals surface area contributed by atoms with Crippen LogP contribution in [0.4, 0.5) is 24.8 Å². The lowest BCUT2D eigenvalue weighted by atomic mass is 10.1. The second kappa shape index (κ2) is 7.90. The summed E-state index contributed by atoms with van der Waals surface area (Å²) >= 11 is 0. The molecule has 5 aromatic rings. The molecule has 9 nitrogen and oxygen atoms in total. The van der Waals surface area contributed by atoms with E-state index in [0.717, 1.165) is 6.07 Å². The molecule has 4 heterocycles. The molecule has 0 unspecified atom stereocenters. The Balaban J connectivity index is 1.79. The van der Waals surface area contributed by atoms with Crippen LogP contribution in [0.2, 0.25) is 0 Å². The Labute approximate surface area is 189 Å². The lowest BCUT2D eigenvalue weighted by Gasteiger charge is -2.12. The summed E-state index contributed by atoms with van der Waals surface area (Å²) in [5.41, 5.74) is -1.10. The van der Waals surface area contributed by atoms with Gasteiger partial charge in [0, 0.05) is 23.8 Å². The van der Waals surface area contributed by atoms with Crippen LogP contribution >= 0.6 is 0 Å². The van der Waals surface area contributed by atoms with Crippen molar-refractivity contribution in [1.82, 2.24) is 34.3 Å². The monoisotopic (exact) mass is 466 g/mol. The van der Waals surface area contributed by atoms with Crippen molar-refractivity contribution in [1.29, 1.82) is 0 Å². The van der Waals surface area contributed by atoms with Crippen LogP contribution in [-0.2, 0) is 6.18 Å². The van der Waals surface area contributed by atoms with E-state index in [0.29, 0.717) is 5.56 Å². The number of hydrogen-bond acceptors (Lipinski definition) is 7. The summed E-state index contributed by atoms with van der Waals surface area (Å²) < 4.78 is 44.3. The smallest absolute Gasteiger partial charge is 0.319 e. The van der Waals surface area contributed by atoms with Gasteiger partial charge in [-0.3, -0.25) is 9.48 Å². The highest BCUT2D eigenvalue weighted by Crippen LogP contribution is 2.36. The van der Waals surface area contributed by atoms with Gasteiger partial charge < -0.3 is 5.32 Å². The van der Waals surface area contributed by atoms with Crippen LogP contribution in [0.5, 0.6) is 0 Å². The Morgan fingerprint density at radius 3 is 2.62 bits per heavy atom. The fraction of sp³-hybridized carbons (Fsp3) is 0.182. The van der Waals surface area contributed by atoms with Crippen molar-refractivity contribution in [3.05, 3.63) is 70.9 Å². The highest BCUT2D eigenvalue weighted by atomic mass is 19.4. The summed E-state index contributed by atoms with van der Waals surface area (Å²) in [6.45, 7) is 3.92.